The number of hydrogen-bond acceptors (Lipinski definition) is 2. The summed E-state index contributed by atoms with van der Waals surface area (Å²) in [6.45, 7) is 0. The minimum absolute atomic E-state index is 0.0145. The van der Waals surface area contributed by atoms with Crippen molar-refractivity contribution in [3.05, 3.63) is 35.1 Å². The van der Waals surface area contributed by atoms with Gasteiger partial charge in [-0.25, -0.2) is 4.39 Å². The van der Waals surface area contributed by atoms with Crippen LogP contribution < -0.4 is 5.73 Å². The molecule has 0 unspecified atom stereocenters. The Balaban J connectivity index is 2.43. The molecule has 1 heterocycles. The van der Waals surface area contributed by atoms with Crippen LogP contribution in [0.2, 0.25) is 0 Å². The quantitative estimate of drug-likeness (QED) is 0.691. The Labute approximate surface area is 81.5 Å². The van der Waals surface area contributed by atoms with Crippen molar-refractivity contribution < 1.29 is 4.39 Å². The zero-order chi connectivity index (χ0) is 9.26. The Kier molecular flexibility index (Phi) is 2.56. The van der Waals surface area contributed by atoms with Crippen LogP contribution in [0.3, 0.4) is 0 Å². The van der Waals surface area contributed by atoms with Crippen molar-refractivity contribution >= 4 is 11.8 Å². The van der Waals surface area contributed by atoms with E-state index < -0.39 is 0 Å². The Hall–Kier alpha value is -0.540. The van der Waals surface area contributed by atoms with Crippen molar-refractivity contribution in [1.29, 1.82) is 0 Å². The molecule has 0 bridgehead atoms. The van der Waals surface area contributed by atoms with E-state index in [1.165, 1.54) is 11.6 Å². The van der Waals surface area contributed by atoms with Gasteiger partial charge in [0, 0.05) is 11.8 Å². The van der Waals surface area contributed by atoms with Crippen LogP contribution in [0.1, 0.15) is 23.6 Å². The van der Waals surface area contributed by atoms with Gasteiger partial charge in [-0.3, -0.25) is 0 Å². The molecule has 2 rings (SSSR count). The fraction of sp³-hybridized carbons (Fsp3) is 0.400. The number of benzene rings is 1. The lowest BCUT2D eigenvalue weighted by atomic mass is 10.0. The minimum atomic E-state index is -0.180. The summed E-state index contributed by atoms with van der Waals surface area (Å²) in [4.78, 5) is 0. The van der Waals surface area contributed by atoms with Crippen molar-refractivity contribution in [2.75, 3.05) is 5.75 Å². The highest BCUT2D eigenvalue weighted by atomic mass is 32.2. The molecule has 1 atom stereocenters. The summed E-state index contributed by atoms with van der Waals surface area (Å²) < 4.78 is 12.9. The Bertz CT molecular complexity index is 314. The first-order valence-corrected chi connectivity index (χ1v) is 5.54. The summed E-state index contributed by atoms with van der Waals surface area (Å²) in [5.74, 6) is 1.85. The molecule has 0 aromatic heterocycles. The summed E-state index contributed by atoms with van der Waals surface area (Å²) in [6.07, 6.45) is 0.946. The zero-order valence-electron chi connectivity index (χ0n) is 7.29. The summed E-state index contributed by atoms with van der Waals surface area (Å²) in [5.41, 5.74) is 8.12. The van der Waals surface area contributed by atoms with Crippen molar-refractivity contribution in [1.82, 2.24) is 0 Å². The standard InChI is InChI=1S/C10H12FNS/c11-8-2-1-7-6-13-4-3-10(12)9(7)5-8/h1-2,5,10H,3-4,6,12H2/t10-/m0/s1. The third-order valence-electron chi connectivity index (χ3n) is 2.34. The number of thioether (sulfide) groups is 1. The maximum atomic E-state index is 12.9. The highest BCUT2D eigenvalue weighted by Gasteiger charge is 2.15. The van der Waals surface area contributed by atoms with Gasteiger partial charge in [-0.2, -0.15) is 11.8 Å². The maximum Gasteiger partial charge on any atom is 0.123 e. The van der Waals surface area contributed by atoms with Gasteiger partial charge in [-0.1, -0.05) is 6.07 Å². The van der Waals surface area contributed by atoms with Gasteiger partial charge in [-0.05, 0) is 35.4 Å². The largest absolute Gasteiger partial charge is 0.324 e. The number of fused-ring (bicyclic) bond motifs is 1. The smallest absolute Gasteiger partial charge is 0.123 e. The molecule has 1 aliphatic heterocycles. The van der Waals surface area contributed by atoms with Crippen molar-refractivity contribution in [3.8, 4) is 0 Å². The molecular weight excluding hydrogens is 185 g/mol. The SMILES string of the molecule is N[C@H]1CCSCc2ccc(F)cc21. The molecule has 1 aromatic rings. The number of halogens is 1. The van der Waals surface area contributed by atoms with E-state index >= 15 is 0 Å². The average Bonchev–Trinajstić information content (AvgIpc) is 2.29. The van der Waals surface area contributed by atoms with Crippen molar-refractivity contribution in [3.63, 3.8) is 0 Å². The third-order valence-corrected chi connectivity index (χ3v) is 3.38. The van der Waals surface area contributed by atoms with E-state index in [1.54, 1.807) is 6.07 Å². The van der Waals surface area contributed by atoms with Crippen LogP contribution in [-0.4, -0.2) is 5.75 Å². The summed E-state index contributed by atoms with van der Waals surface area (Å²) in [7, 11) is 0. The molecule has 0 saturated heterocycles. The lowest BCUT2D eigenvalue weighted by molar-refractivity contribution is 0.616. The topological polar surface area (TPSA) is 26.0 Å². The van der Waals surface area contributed by atoms with Crippen molar-refractivity contribution in [2.45, 2.75) is 18.2 Å². The van der Waals surface area contributed by atoms with E-state index in [4.69, 9.17) is 5.73 Å². The molecule has 0 amide bonds. The molecule has 70 valence electrons. The molecule has 0 radical (unpaired) electrons. The number of hydrogen-bond donors (Lipinski definition) is 1. The minimum Gasteiger partial charge on any atom is -0.324 e. The second-order valence-electron chi connectivity index (χ2n) is 3.29. The number of rotatable bonds is 0. The Morgan fingerprint density at radius 1 is 1.46 bits per heavy atom. The van der Waals surface area contributed by atoms with E-state index in [9.17, 15) is 4.39 Å². The van der Waals surface area contributed by atoms with Gasteiger partial charge in [0.15, 0.2) is 0 Å². The molecular formula is C10H12FNS. The van der Waals surface area contributed by atoms with Crippen LogP contribution in [0.4, 0.5) is 4.39 Å². The highest BCUT2D eigenvalue weighted by Crippen LogP contribution is 2.29. The van der Waals surface area contributed by atoms with Gasteiger partial charge in [0.05, 0.1) is 0 Å². The van der Waals surface area contributed by atoms with E-state index in [1.807, 2.05) is 17.8 Å². The van der Waals surface area contributed by atoms with Crippen molar-refractivity contribution in [2.24, 2.45) is 5.73 Å². The van der Waals surface area contributed by atoms with Crippen LogP contribution in [0.15, 0.2) is 18.2 Å². The molecule has 1 aliphatic rings. The second kappa shape index (κ2) is 3.68. The fourth-order valence-corrected chi connectivity index (χ4v) is 2.64. The highest BCUT2D eigenvalue weighted by molar-refractivity contribution is 7.98. The van der Waals surface area contributed by atoms with Gasteiger partial charge in [0.2, 0.25) is 0 Å². The molecule has 3 heteroatoms. The summed E-state index contributed by atoms with van der Waals surface area (Å²) in [6, 6.07) is 4.95. The van der Waals surface area contributed by atoms with Crippen LogP contribution in [0.5, 0.6) is 0 Å². The van der Waals surface area contributed by atoms with Gasteiger partial charge in [0.25, 0.3) is 0 Å². The van der Waals surface area contributed by atoms with Gasteiger partial charge in [0.1, 0.15) is 5.82 Å². The maximum absolute atomic E-state index is 12.9. The van der Waals surface area contributed by atoms with Crippen LogP contribution >= 0.6 is 11.8 Å². The molecule has 0 saturated carbocycles. The molecule has 13 heavy (non-hydrogen) atoms. The zero-order valence-corrected chi connectivity index (χ0v) is 8.11. The predicted octanol–water partition coefficient (Wildman–Crippen LogP) is 2.46. The first-order valence-electron chi connectivity index (χ1n) is 4.39. The lowest BCUT2D eigenvalue weighted by Crippen LogP contribution is -2.11. The Morgan fingerprint density at radius 2 is 2.31 bits per heavy atom. The fourth-order valence-electron chi connectivity index (χ4n) is 1.59. The molecule has 1 nitrogen and oxygen atoms in total. The molecule has 0 spiro atoms. The molecule has 0 aliphatic carbocycles. The van der Waals surface area contributed by atoms with Crippen LogP contribution in [-0.2, 0) is 5.75 Å². The monoisotopic (exact) mass is 197 g/mol. The Morgan fingerprint density at radius 3 is 3.15 bits per heavy atom. The first-order chi connectivity index (χ1) is 6.27. The second-order valence-corrected chi connectivity index (χ2v) is 4.40. The molecule has 1 aromatic carbocycles. The van der Waals surface area contributed by atoms with Crippen LogP contribution in [0.25, 0.3) is 0 Å². The van der Waals surface area contributed by atoms with E-state index in [0.29, 0.717) is 0 Å². The summed E-state index contributed by atoms with van der Waals surface area (Å²) >= 11 is 1.87. The predicted molar refractivity (Wildman–Crippen MR) is 54.1 cm³/mol. The van der Waals surface area contributed by atoms with E-state index in [-0.39, 0.29) is 11.9 Å². The summed E-state index contributed by atoms with van der Waals surface area (Å²) in [5, 5.41) is 0. The molecule has 2 N–H and O–H groups in total. The van der Waals surface area contributed by atoms with Crippen LogP contribution in [0, 0.1) is 5.82 Å². The molecule has 0 fully saturated rings. The normalized spacial score (nSPS) is 22.2. The van der Waals surface area contributed by atoms with E-state index in [2.05, 4.69) is 0 Å². The third kappa shape index (κ3) is 1.86. The first kappa shape index (κ1) is 9.03. The van der Waals surface area contributed by atoms with Gasteiger partial charge >= 0.3 is 0 Å². The van der Waals surface area contributed by atoms with Gasteiger partial charge < -0.3 is 5.73 Å². The lowest BCUT2D eigenvalue weighted by Gasteiger charge is -2.11. The van der Waals surface area contributed by atoms with Gasteiger partial charge in [-0.15, -0.1) is 0 Å². The van der Waals surface area contributed by atoms with E-state index in [0.717, 1.165) is 23.5 Å². The average molecular weight is 197 g/mol. The number of nitrogens with two attached hydrogens (primary N) is 1.